The zero-order valence-corrected chi connectivity index (χ0v) is 11.0. The van der Waals surface area contributed by atoms with Gasteiger partial charge in [0.05, 0.1) is 6.54 Å². The van der Waals surface area contributed by atoms with E-state index in [9.17, 15) is 9.59 Å². The van der Waals surface area contributed by atoms with Crippen molar-refractivity contribution in [2.75, 3.05) is 0 Å². The fourth-order valence-corrected chi connectivity index (χ4v) is 2.22. The van der Waals surface area contributed by atoms with Gasteiger partial charge in [0.15, 0.2) is 0 Å². The van der Waals surface area contributed by atoms with Crippen LogP contribution in [0.15, 0.2) is 41.5 Å². The molecule has 1 saturated carbocycles. The molecule has 3 N–H and O–H groups in total. The lowest BCUT2D eigenvalue weighted by Crippen LogP contribution is -2.29. The number of amides is 1. The van der Waals surface area contributed by atoms with Crippen molar-refractivity contribution in [3.8, 4) is 0 Å². The summed E-state index contributed by atoms with van der Waals surface area (Å²) in [6.07, 6.45) is 5.83. The first-order valence-electron chi connectivity index (χ1n) is 6.56. The summed E-state index contributed by atoms with van der Waals surface area (Å²) in [4.78, 5) is 23.4. The van der Waals surface area contributed by atoms with E-state index < -0.39 is 0 Å². The number of carbonyl (C=O) groups is 1. The summed E-state index contributed by atoms with van der Waals surface area (Å²) in [7, 11) is 0. The van der Waals surface area contributed by atoms with Crippen LogP contribution in [-0.2, 0) is 6.54 Å². The maximum Gasteiger partial charge on any atom is 0.328 e. The predicted molar refractivity (Wildman–Crippen MR) is 74.2 cm³/mol. The quantitative estimate of drug-likeness (QED) is 0.487. The highest BCUT2D eigenvalue weighted by atomic mass is 16.2. The Kier molecular flexibility index (Phi) is 3.15. The fraction of sp³-hybridized carbons (Fsp3) is 0.286. The third-order valence-electron chi connectivity index (χ3n) is 3.51. The Bertz CT molecular complexity index is 680. The highest BCUT2D eigenvalue weighted by molar-refractivity contribution is 5.93. The van der Waals surface area contributed by atoms with Gasteiger partial charge in [-0.1, -0.05) is 12.1 Å². The molecule has 20 heavy (non-hydrogen) atoms. The zero-order valence-electron chi connectivity index (χ0n) is 11.0. The fourth-order valence-electron chi connectivity index (χ4n) is 2.22. The first kappa shape index (κ1) is 12.7. The first-order chi connectivity index (χ1) is 9.69. The molecule has 2 aromatic rings. The number of nitrogens with one attached hydrogen (secondary N) is 1. The number of benzene rings is 1. The van der Waals surface area contributed by atoms with Crippen LogP contribution in [0.1, 0.15) is 34.8 Å². The van der Waals surface area contributed by atoms with Gasteiger partial charge in [-0.15, -0.1) is 0 Å². The number of rotatable bonds is 4. The monoisotopic (exact) mass is 272 g/mol. The van der Waals surface area contributed by atoms with Crippen LogP contribution in [0.25, 0.3) is 0 Å². The van der Waals surface area contributed by atoms with Gasteiger partial charge in [-0.05, 0) is 30.5 Å². The molecular weight excluding hydrogens is 256 g/mol. The van der Waals surface area contributed by atoms with E-state index in [4.69, 9.17) is 5.84 Å². The Morgan fingerprint density at radius 3 is 2.55 bits per heavy atom. The number of imidazole rings is 1. The zero-order chi connectivity index (χ0) is 14.1. The Morgan fingerprint density at radius 2 is 1.95 bits per heavy atom. The van der Waals surface area contributed by atoms with Crippen LogP contribution in [0, 0.1) is 0 Å². The van der Waals surface area contributed by atoms with Crippen molar-refractivity contribution in [3.05, 3.63) is 58.3 Å². The SMILES string of the molecule is NNC(=O)c1ccc(Cn2ccn(C3CC3)c2=O)cc1. The van der Waals surface area contributed by atoms with Crippen LogP contribution in [0.2, 0.25) is 0 Å². The van der Waals surface area contributed by atoms with Crippen LogP contribution >= 0.6 is 0 Å². The molecule has 1 aromatic heterocycles. The van der Waals surface area contributed by atoms with E-state index in [0.717, 1.165) is 18.4 Å². The first-order valence-corrected chi connectivity index (χ1v) is 6.56. The molecule has 0 radical (unpaired) electrons. The van der Waals surface area contributed by atoms with Gasteiger partial charge in [0.2, 0.25) is 0 Å². The van der Waals surface area contributed by atoms with Gasteiger partial charge in [0.1, 0.15) is 0 Å². The molecule has 1 fully saturated rings. The van der Waals surface area contributed by atoms with Gasteiger partial charge in [-0.3, -0.25) is 19.4 Å². The standard InChI is InChI=1S/C14H16N4O2/c15-16-13(19)11-3-1-10(2-4-11)9-17-7-8-18(14(17)20)12-5-6-12/h1-4,7-8,12H,5-6,9,15H2,(H,16,19). The molecule has 1 aliphatic carbocycles. The highest BCUT2D eigenvalue weighted by Crippen LogP contribution is 2.33. The van der Waals surface area contributed by atoms with E-state index in [1.807, 2.05) is 18.3 Å². The number of nitrogen functional groups attached to an aromatic ring is 1. The minimum Gasteiger partial charge on any atom is -0.296 e. The number of aromatic nitrogens is 2. The molecule has 0 atom stereocenters. The largest absolute Gasteiger partial charge is 0.328 e. The molecule has 0 spiro atoms. The average Bonchev–Trinajstić information content (AvgIpc) is 3.25. The molecule has 0 bridgehead atoms. The molecule has 1 aliphatic rings. The van der Waals surface area contributed by atoms with Crippen molar-refractivity contribution in [1.29, 1.82) is 0 Å². The number of hydrogen-bond donors (Lipinski definition) is 2. The van der Waals surface area contributed by atoms with Crippen LogP contribution in [0.4, 0.5) is 0 Å². The molecule has 1 aromatic carbocycles. The summed E-state index contributed by atoms with van der Waals surface area (Å²) < 4.78 is 3.46. The van der Waals surface area contributed by atoms with Crippen LogP contribution in [0.5, 0.6) is 0 Å². The topological polar surface area (TPSA) is 82.0 Å². The van der Waals surface area contributed by atoms with Crippen molar-refractivity contribution in [2.24, 2.45) is 5.84 Å². The molecular formula is C14H16N4O2. The van der Waals surface area contributed by atoms with Gasteiger partial charge >= 0.3 is 5.69 Å². The molecule has 6 heteroatoms. The molecule has 0 unspecified atom stereocenters. The van der Waals surface area contributed by atoms with Gasteiger partial charge in [0, 0.05) is 24.0 Å². The van der Waals surface area contributed by atoms with Crippen molar-refractivity contribution >= 4 is 5.91 Å². The summed E-state index contributed by atoms with van der Waals surface area (Å²) in [6.45, 7) is 0.503. The smallest absolute Gasteiger partial charge is 0.296 e. The van der Waals surface area contributed by atoms with Crippen molar-refractivity contribution < 1.29 is 4.79 Å². The third-order valence-corrected chi connectivity index (χ3v) is 3.51. The Balaban J connectivity index is 1.77. The number of hydrazine groups is 1. The maximum atomic E-state index is 12.1. The van der Waals surface area contributed by atoms with Crippen LogP contribution in [-0.4, -0.2) is 15.0 Å². The molecule has 1 amide bonds. The van der Waals surface area contributed by atoms with E-state index in [1.165, 1.54) is 0 Å². The Hall–Kier alpha value is -2.34. The van der Waals surface area contributed by atoms with E-state index in [-0.39, 0.29) is 11.6 Å². The normalized spacial score (nSPS) is 14.2. The predicted octanol–water partition coefficient (Wildman–Crippen LogP) is 0.636. The molecule has 104 valence electrons. The van der Waals surface area contributed by atoms with Crippen LogP contribution < -0.4 is 17.0 Å². The number of nitrogens with two attached hydrogens (primary N) is 1. The lowest BCUT2D eigenvalue weighted by Gasteiger charge is -2.04. The molecule has 3 rings (SSSR count). The minimum absolute atomic E-state index is 0.0243. The Labute approximate surface area is 115 Å². The second-order valence-electron chi connectivity index (χ2n) is 5.02. The molecule has 0 aliphatic heterocycles. The van der Waals surface area contributed by atoms with Crippen molar-refractivity contribution in [3.63, 3.8) is 0 Å². The van der Waals surface area contributed by atoms with E-state index in [0.29, 0.717) is 18.2 Å². The van der Waals surface area contributed by atoms with Gasteiger partial charge in [0.25, 0.3) is 5.91 Å². The number of hydrogen-bond acceptors (Lipinski definition) is 3. The number of carbonyl (C=O) groups excluding carboxylic acids is 1. The summed E-state index contributed by atoms with van der Waals surface area (Å²) in [5.41, 5.74) is 3.58. The second kappa shape index (κ2) is 4.97. The van der Waals surface area contributed by atoms with E-state index in [1.54, 1.807) is 27.5 Å². The lowest BCUT2D eigenvalue weighted by atomic mass is 10.1. The van der Waals surface area contributed by atoms with E-state index >= 15 is 0 Å². The Morgan fingerprint density at radius 1 is 1.25 bits per heavy atom. The highest BCUT2D eigenvalue weighted by Gasteiger charge is 2.25. The molecule has 1 heterocycles. The summed E-state index contributed by atoms with van der Waals surface area (Å²) in [5, 5.41) is 0. The van der Waals surface area contributed by atoms with Gasteiger partial charge in [-0.2, -0.15) is 0 Å². The van der Waals surface area contributed by atoms with Crippen molar-refractivity contribution in [2.45, 2.75) is 25.4 Å². The summed E-state index contributed by atoms with van der Waals surface area (Å²) in [5.74, 6) is 4.75. The van der Waals surface area contributed by atoms with Crippen LogP contribution in [0.3, 0.4) is 0 Å². The third kappa shape index (κ3) is 2.37. The summed E-state index contributed by atoms with van der Waals surface area (Å²) in [6, 6.07) is 7.43. The maximum absolute atomic E-state index is 12.1. The minimum atomic E-state index is -0.325. The summed E-state index contributed by atoms with van der Waals surface area (Å²) >= 11 is 0. The lowest BCUT2D eigenvalue weighted by molar-refractivity contribution is 0.0953. The second-order valence-corrected chi connectivity index (χ2v) is 5.02. The average molecular weight is 272 g/mol. The van der Waals surface area contributed by atoms with E-state index in [2.05, 4.69) is 5.43 Å². The van der Waals surface area contributed by atoms with Gasteiger partial charge < -0.3 is 0 Å². The molecule has 6 nitrogen and oxygen atoms in total. The number of nitrogens with zero attached hydrogens (tertiary/aromatic N) is 2. The molecule has 0 saturated heterocycles. The van der Waals surface area contributed by atoms with Gasteiger partial charge in [-0.25, -0.2) is 10.6 Å². The van der Waals surface area contributed by atoms with Crippen molar-refractivity contribution in [1.82, 2.24) is 14.6 Å².